The fourth-order valence-electron chi connectivity index (χ4n) is 3.13. The van der Waals surface area contributed by atoms with Gasteiger partial charge in [0.2, 0.25) is 0 Å². The van der Waals surface area contributed by atoms with Crippen LogP contribution in [-0.4, -0.2) is 35.0 Å². The van der Waals surface area contributed by atoms with E-state index in [2.05, 4.69) is 36.5 Å². The van der Waals surface area contributed by atoms with Crippen LogP contribution in [0.5, 0.6) is 0 Å². The van der Waals surface area contributed by atoms with Crippen molar-refractivity contribution in [3.8, 4) is 0 Å². The van der Waals surface area contributed by atoms with Crippen LogP contribution in [0.2, 0.25) is 0 Å². The van der Waals surface area contributed by atoms with Gasteiger partial charge in [-0.05, 0) is 48.5 Å². The number of aromatic nitrogens is 2. The number of ether oxygens (including phenoxy) is 1. The van der Waals surface area contributed by atoms with E-state index >= 15 is 0 Å². The van der Waals surface area contributed by atoms with Gasteiger partial charge in [-0.15, -0.1) is 0 Å². The molecule has 0 spiro atoms. The topological polar surface area (TPSA) is 93.2 Å². The van der Waals surface area contributed by atoms with E-state index in [0.717, 1.165) is 21.1 Å². The van der Waals surface area contributed by atoms with Crippen molar-refractivity contribution in [2.24, 2.45) is 0 Å². The van der Waals surface area contributed by atoms with Crippen molar-refractivity contribution in [2.75, 3.05) is 18.5 Å². The highest BCUT2D eigenvalue weighted by atomic mass is 79.9. The number of pyridine rings is 2. The summed E-state index contributed by atoms with van der Waals surface area (Å²) in [5, 5.41) is 6.94. The first-order chi connectivity index (χ1) is 15.6. The van der Waals surface area contributed by atoms with E-state index < -0.39 is 5.97 Å². The highest BCUT2D eigenvalue weighted by Gasteiger charge is 2.14. The number of esters is 1. The quantitative estimate of drug-likeness (QED) is 0.287. The summed E-state index contributed by atoms with van der Waals surface area (Å²) in [6, 6.07) is 18.1. The summed E-state index contributed by atoms with van der Waals surface area (Å²) in [6.45, 7) is 0.240. The lowest BCUT2D eigenvalue weighted by Crippen LogP contribution is -2.28. The number of amides is 1. The van der Waals surface area contributed by atoms with Crippen molar-refractivity contribution >= 4 is 50.1 Å². The molecule has 7 nitrogen and oxygen atoms in total. The molecule has 4 aromatic rings. The summed E-state index contributed by atoms with van der Waals surface area (Å²) in [6.07, 6.45) is 4.78. The van der Waals surface area contributed by atoms with Crippen LogP contribution in [0, 0.1) is 0 Å². The van der Waals surface area contributed by atoms with Gasteiger partial charge in [0.25, 0.3) is 5.91 Å². The van der Waals surface area contributed by atoms with Crippen molar-refractivity contribution in [1.29, 1.82) is 0 Å². The van der Waals surface area contributed by atoms with Crippen LogP contribution in [0.25, 0.3) is 10.9 Å². The highest BCUT2D eigenvalue weighted by Crippen LogP contribution is 2.28. The molecular formula is C24H19BrN4O3. The molecule has 2 heterocycles. The van der Waals surface area contributed by atoms with Gasteiger partial charge in [0.15, 0.2) is 0 Å². The summed E-state index contributed by atoms with van der Waals surface area (Å²) < 4.78 is 6.31. The van der Waals surface area contributed by atoms with Crippen LogP contribution in [0.1, 0.15) is 20.7 Å². The molecule has 0 fully saturated rings. The molecule has 1 amide bonds. The third-order valence-corrected chi connectivity index (χ3v) is 5.16. The molecule has 0 aliphatic rings. The zero-order valence-corrected chi connectivity index (χ0v) is 18.5. The fraction of sp³-hybridized carbons (Fsp3) is 0.0833. The molecule has 0 saturated heterocycles. The second kappa shape index (κ2) is 10.0. The van der Waals surface area contributed by atoms with E-state index in [0.29, 0.717) is 16.8 Å². The molecule has 0 atom stereocenters. The van der Waals surface area contributed by atoms with E-state index in [1.165, 1.54) is 6.20 Å². The Kier molecular flexibility index (Phi) is 6.72. The molecule has 2 aromatic heterocycles. The molecule has 160 valence electrons. The third kappa shape index (κ3) is 5.09. The zero-order chi connectivity index (χ0) is 22.3. The first-order valence-corrected chi connectivity index (χ1v) is 10.7. The number of hydrogen-bond donors (Lipinski definition) is 2. The molecule has 0 radical (unpaired) electrons. The first-order valence-electron chi connectivity index (χ1n) is 9.87. The van der Waals surface area contributed by atoms with Crippen LogP contribution in [0.3, 0.4) is 0 Å². The Balaban J connectivity index is 1.41. The summed E-state index contributed by atoms with van der Waals surface area (Å²) in [7, 11) is 0. The monoisotopic (exact) mass is 490 g/mol. The SMILES string of the molecule is O=C(NCCOC(=O)c1ccccc1Nc1ccnc2cc(Br)ccc12)c1cccnc1. The Morgan fingerprint density at radius 2 is 1.84 bits per heavy atom. The van der Waals surface area contributed by atoms with Gasteiger partial charge >= 0.3 is 5.97 Å². The normalized spacial score (nSPS) is 10.5. The van der Waals surface area contributed by atoms with E-state index in [1.807, 2.05) is 36.4 Å². The van der Waals surface area contributed by atoms with Gasteiger partial charge in [-0.3, -0.25) is 14.8 Å². The number of halogens is 1. The van der Waals surface area contributed by atoms with E-state index in [4.69, 9.17) is 4.74 Å². The van der Waals surface area contributed by atoms with Gasteiger partial charge < -0.3 is 15.4 Å². The number of carbonyl (C=O) groups is 2. The van der Waals surface area contributed by atoms with E-state index in [1.54, 1.807) is 36.7 Å². The number of carbonyl (C=O) groups excluding carboxylic acids is 2. The van der Waals surface area contributed by atoms with Crippen LogP contribution >= 0.6 is 15.9 Å². The van der Waals surface area contributed by atoms with Crippen molar-refractivity contribution in [3.05, 3.63) is 94.9 Å². The summed E-state index contributed by atoms with van der Waals surface area (Å²) in [4.78, 5) is 33.0. The predicted octanol–water partition coefficient (Wildman–Crippen LogP) is 4.72. The number of benzene rings is 2. The van der Waals surface area contributed by atoms with Gasteiger partial charge in [0.1, 0.15) is 6.61 Å². The average Bonchev–Trinajstić information content (AvgIpc) is 2.82. The van der Waals surface area contributed by atoms with Crippen molar-refractivity contribution in [1.82, 2.24) is 15.3 Å². The van der Waals surface area contributed by atoms with Gasteiger partial charge in [-0.2, -0.15) is 0 Å². The standard InChI is InChI=1S/C24H19BrN4O3/c25-17-7-8-18-21(9-11-27-22(18)14-17)29-20-6-2-1-5-19(20)24(31)32-13-12-28-23(30)16-4-3-10-26-15-16/h1-11,14-15H,12-13H2,(H,27,29)(H,28,30). The lowest BCUT2D eigenvalue weighted by molar-refractivity contribution is 0.0504. The highest BCUT2D eigenvalue weighted by molar-refractivity contribution is 9.10. The molecule has 0 saturated carbocycles. The Bertz CT molecular complexity index is 1260. The first kappa shape index (κ1) is 21.5. The summed E-state index contributed by atoms with van der Waals surface area (Å²) in [5.74, 6) is -0.753. The van der Waals surface area contributed by atoms with E-state index in [-0.39, 0.29) is 19.1 Å². The number of rotatable bonds is 7. The molecule has 0 bridgehead atoms. The summed E-state index contributed by atoms with van der Waals surface area (Å²) in [5.41, 5.74) is 3.12. The number of nitrogens with zero attached hydrogens (tertiary/aromatic N) is 2. The number of anilines is 2. The molecule has 8 heteroatoms. The van der Waals surface area contributed by atoms with Crippen LogP contribution < -0.4 is 10.6 Å². The molecule has 0 aliphatic carbocycles. The number of para-hydroxylation sites is 1. The molecule has 0 aliphatic heterocycles. The second-order valence-corrected chi connectivity index (χ2v) is 7.74. The van der Waals surface area contributed by atoms with Crippen molar-refractivity contribution in [2.45, 2.75) is 0 Å². The fourth-order valence-corrected chi connectivity index (χ4v) is 3.48. The third-order valence-electron chi connectivity index (χ3n) is 4.67. The molecule has 32 heavy (non-hydrogen) atoms. The summed E-state index contributed by atoms with van der Waals surface area (Å²) >= 11 is 3.46. The van der Waals surface area contributed by atoms with Crippen molar-refractivity contribution in [3.63, 3.8) is 0 Å². The Hall–Kier alpha value is -3.78. The van der Waals surface area contributed by atoms with E-state index in [9.17, 15) is 9.59 Å². The molecule has 4 rings (SSSR count). The van der Waals surface area contributed by atoms with Gasteiger partial charge in [-0.1, -0.05) is 28.1 Å². The van der Waals surface area contributed by atoms with Gasteiger partial charge in [0.05, 0.1) is 28.9 Å². The maximum atomic E-state index is 12.7. The average molecular weight is 491 g/mol. The molecule has 0 unspecified atom stereocenters. The minimum atomic E-state index is -0.482. The van der Waals surface area contributed by atoms with Crippen LogP contribution in [0.4, 0.5) is 11.4 Å². The Labute approximate surface area is 193 Å². The maximum absolute atomic E-state index is 12.7. The predicted molar refractivity (Wildman–Crippen MR) is 126 cm³/mol. The number of hydrogen-bond acceptors (Lipinski definition) is 6. The number of fused-ring (bicyclic) bond motifs is 1. The Morgan fingerprint density at radius 3 is 2.69 bits per heavy atom. The smallest absolute Gasteiger partial charge is 0.340 e. The zero-order valence-electron chi connectivity index (χ0n) is 16.9. The van der Waals surface area contributed by atoms with Gasteiger partial charge in [0, 0.05) is 34.1 Å². The lowest BCUT2D eigenvalue weighted by Gasteiger charge is -2.13. The second-order valence-electron chi connectivity index (χ2n) is 6.82. The molecule has 2 aromatic carbocycles. The van der Waals surface area contributed by atoms with Crippen LogP contribution in [-0.2, 0) is 4.74 Å². The largest absolute Gasteiger partial charge is 0.460 e. The van der Waals surface area contributed by atoms with Crippen molar-refractivity contribution < 1.29 is 14.3 Å². The Morgan fingerprint density at radius 1 is 0.969 bits per heavy atom. The molecule has 2 N–H and O–H groups in total. The van der Waals surface area contributed by atoms with Crippen LogP contribution in [0.15, 0.2) is 83.7 Å². The number of nitrogens with one attached hydrogen (secondary N) is 2. The van der Waals surface area contributed by atoms with Gasteiger partial charge in [-0.25, -0.2) is 4.79 Å². The minimum absolute atomic E-state index is 0.0470. The molecular weight excluding hydrogens is 472 g/mol. The maximum Gasteiger partial charge on any atom is 0.340 e. The lowest BCUT2D eigenvalue weighted by atomic mass is 10.1. The minimum Gasteiger partial charge on any atom is -0.460 e.